The average molecular weight is 249 g/mol. The number of aryl methyl sites for hydroxylation is 1. The minimum Gasteiger partial charge on any atom is -0.463 e. The number of rotatable bonds is 3. The van der Waals surface area contributed by atoms with Crippen LogP contribution in [-0.2, 0) is 11.8 Å². The van der Waals surface area contributed by atoms with Crippen LogP contribution in [0.25, 0.3) is 11.1 Å². The Kier molecular flexibility index (Phi) is 3.10. The Labute approximate surface area is 104 Å². The Hall–Kier alpha value is -2.24. The second-order valence-electron chi connectivity index (χ2n) is 4.23. The third-order valence-corrected chi connectivity index (χ3v) is 2.80. The zero-order valence-electron chi connectivity index (χ0n) is 10.6. The number of furan rings is 1. The largest absolute Gasteiger partial charge is 0.463 e. The molecule has 0 bridgehead atoms. The number of nitrogens with one attached hydrogen (secondary N) is 1. The molecule has 0 unspecified atom stereocenters. The Morgan fingerprint density at radius 3 is 2.78 bits per heavy atom. The fourth-order valence-electron chi connectivity index (χ4n) is 1.67. The van der Waals surface area contributed by atoms with Crippen molar-refractivity contribution in [2.24, 2.45) is 7.05 Å². The Morgan fingerprint density at radius 2 is 2.17 bits per heavy atom. The highest BCUT2D eigenvalue weighted by molar-refractivity contribution is 5.99. The lowest BCUT2D eigenvalue weighted by molar-refractivity contribution is -0.127. The molecular weight excluding hydrogens is 234 g/mol. The molecule has 0 atom stereocenters. The van der Waals surface area contributed by atoms with Gasteiger partial charge in [0.05, 0.1) is 18.3 Å². The molecule has 6 heteroatoms. The van der Waals surface area contributed by atoms with E-state index in [1.807, 2.05) is 0 Å². The second-order valence-corrected chi connectivity index (χ2v) is 4.23. The summed E-state index contributed by atoms with van der Waals surface area (Å²) in [7, 11) is 5.06. The molecule has 0 saturated carbocycles. The predicted octanol–water partition coefficient (Wildman–Crippen LogP) is 0.589. The fraction of sp³-hybridized carbons (Fsp3) is 0.333. The standard InChI is InChI=1S/C12H15N3O3/c1-14(2)11(16)7-13-12(17)9-6-10-8(15(9)3)4-5-18-10/h4-6H,7H2,1-3H3,(H,13,17). The Bertz CT molecular complexity index is 595. The van der Waals surface area contributed by atoms with Gasteiger partial charge < -0.3 is 19.2 Å². The molecule has 2 amide bonds. The number of likely N-dealkylation sites (N-methyl/N-ethyl adjacent to an activating group) is 1. The highest BCUT2D eigenvalue weighted by Gasteiger charge is 2.15. The molecule has 0 fully saturated rings. The lowest BCUT2D eigenvalue weighted by Gasteiger charge is -2.11. The average Bonchev–Trinajstić information content (AvgIpc) is 2.89. The summed E-state index contributed by atoms with van der Waals surface area (Å²) in [5.74, 6) is -0.444. The third kappa shape index (κ3) is 2.09. The number of nitrogens with zero attached hydrogens (tertiary/aromatic N) is 2. The predicted molar refractivity (Wildman–Crippen MR) is 66.2 cm³/mol. The molecule has 0 aromatic carbocycles. The first-order valence-corrected chi connectivity index (χ1v) is 5.52. The summed E-state index contributed by atoms with van der Waals surface area (Å²) in [6.45, 7) is -0.0155. The van der Waals surface area contributed by atoms with E-state index >= 15 is 0 Å². The molecule has 18 heavy (non-hydrogen) atoms. The number of fused-ring (bicyclic) bond motifs is 1. The van der Waals surface area contributed by atoms with Crippen molar-refractivity contribution in [2.45, 2.75) is 0 Å². The van der Waals surface area contributed by atoms with Crippen LogP contribution in [-0.4, -0.2) is 41.9 Å². The molecule has 0 radical (unpaired) electrons. The molecule has 0 aliphatic heterocycles. The summed E-state index contributed by atoms with van der Waals surface area (Å²) in [5.41, 5.74) is 1.97. The van der Waals surface area contributed by atoms with E-state index in [1.165, 1.54) is 4.90 Å². The van der Waals surface area contributed by atoms with Gasteiger partial charge in [-0.2, -0.15) is 0 Å². The minimum atomic E-state index is -0.292. The highest BCUT2D eigenvalue weighted by atomic mass is 16.3. The van der Waals surface area contributed by atoms with Gasteiger partial charge in [-0.15, -0.1) is 0 Å². The molecule has 0 spiro atoms. The van der Waals surface area contributed by atoms with Crippen LogP contribution in [0.2, 0.25) is 0 Å². The Morgan fingerprint density at radius 1 is 1.44 bits per heavy atom. The number of hydrogen-bond donors (Lipinski definition) is 1. The highest BCUT2D eigenvalue weighted by Crippen LogP contribution is 2.19. The van der Waals surface area contributed by atoms with Gasteiger partial charge in [-0.25, -0.2) is 0 Å². The van der Waals surface area contributed by atoms with Crippen molar-refractivity contribution in [1.29, 1.82) is 0 Å². The molecule has 96 valence electrons. The molecule has 2 heterocycles. The number of amides is 2. The molecule has 2 aromatic heterocycles. The zero-order chi connectivity index (χ0) is 13.3. The van der Waals surface area contributed by atoms with E-state index in [-0.39, 0.29) is 18.4 Å². The quantitative estimate of drug-likeness (QED) is 0.865. The number of hydrogen-bond acceptors (Lipinski definition) is 3. The van der Waals surface area contributed by atoms with Gasteiger partial charge in [-0.3, -0.25) is 9.59 Å². The number of carbonyl (C=O) groups excluding carboxylic acids is 2. The van der Waals surface area contributed by atoms with E-state index in [0.29, 0.717) is 11.3 Å². The summed E-state index contributed by atoms with van der Waals surface area (Å²) in [5, 5.41) is 2.58. The molecule has 6 nitrogen and oxygen atoms in total. The van der Waals surface area contributed by atoms with Crippen LogP contribution < -0.4 is 5.32 Å². The van der Waals surface area contributed by atoms with Crippen LogP contribution in [0.15, 0.2) is 22.8 Å². The van der Waals surface area contributed by atoms with Crippen molar-refractivity contribution < 1.29 is 14.0 Å². The number of aromatic nitrogens is 1. The van der Waals surface area contributed by atoms with E-state index in [2.05, 4.69) is 5.32 Å². The van der Waals surface area contributed by atoms with E-state index < -0.39 is 0 Å². The van der Waals surface area contributed by atoms with Crippen LogP contribution in [0.4, 0.5) is 0 Å². The summed E-state index contributed by atoms with van der Waals surface area (Å²) >= 11 is 0. The molecule has 0 aliphatic carbocycles. The van der Waals surface area contributed by atoms with Crippen LogP contribution in [0.5, 0.6) is 0 Å². The lowest BCUT2D eigenvalue weighted by atomic mass is 10.4. The van der Waals surface area contributed by atoms with Crippen molar-refractivity contribution in [3.05, 3.63) is 24.1 Å². The van der Waals surface area contributed by atoms with Crippen molar-refractivity contribution in [2.75, 3.05) is 20.6 Å². The maximum atomic E-state index is 11.9. The number of carbonyl (C=O) groups is 2. The van der Waals surface area contributed by atoms with Crippen LogP contribution in [0.3, 0.4) is 0 Å². The van der Waals surface area contributed by atoms with E-state index in [1.54, 1.807) is 44.1 Å². The van der Waals surface area contributed by atoms with Crippen molar-refractivity contribution >= 4 is 22.9 Å². The van der Waals surface area contributed by atoms with Crippen LogP contribution in [0.1, 0.15) is 10.5 Å². The van der Waals surface area contributed by atoms with Gasteiger partial charge >= 0.3 is 0 Å². The van der Waals surface area contributed by atoms with E-state index in [0.717, 1.165) is 5.52 Å². The Balaban J connectivity index is 2.11. The summed E-state index contributed by atoms with van der Waals surface area (Å²) < 4.78 is 6.95. The lowest BCUT2D eigenvalue weighted by Crippen LogP contribution is -2.36. The fourth-order valence-corrected chi connectivity index (χ4v) is 1.67. The first-order chi connectivity index (χ1) is 8.50. The zero-order valence-corrected chi connectivity index (χ0v) is 10.6. The molecule has 0 saturated heterocycles. The molecule has 1 N–H and O–H groups in total. The monoisotopic (exact) mass is 249 g/mol. The SMILES string of the molecule is CN(C)C(=O)CNC(=O)c1cc2occc2n1C. The minimum absolute atomic E-state index is 0.0155. The maximum absolute atomic E-state index is 11.9. The van der Waals surface area contributed by atoms with Gasteiger partial charge in [0.15, 0.2) is 5.58 Å². The molecule has 2 rings (SSSR count). The van der Waals surface area contributed by atoms with Crippen molar-refractivity contribution in [3.63, 3.8) is 0 Å². The van der Waals surface area contributed by atoms with Crippen molar-refractivity contribution in [3.8, 4) is 0 Å². The van der Waals surface area contributed by atoms with Gasteiger partial charge in [0.2, 0.25) is 5.91 Å². The van der Waals surface area contributed by atoms with Gasteiger partial charge in [0, 0.05) is 33.3 Å². The maximum Gasteiger partial charge on any atom is 0.268 e. The summed E-state index contributed by atoms with van der Waals surface area (Å²) in [6, 6.07) is 3.45. The van der Waals surface area contributed by atoms with Gasteiger partial charge in [-0.05, 0) is 0 Å². The molecular formula is C12H15N3O3. The summed E-state index contributed by atoms with van der Waals surface area (Å²) in [4.78, 5) is 24.7. The van der Waals surface area contributed by atoms with Crippen LogP contribution >= 0.6 is 0 Å². The second kappa shape index (κ2) is 4.56. The van der Waals surface area contributed by atoms with E-state index in [4.69, 9.17) is 4.42 Å². The van der Waals surface area contributed by atoms with Gasteiger partial charge in [-0.1, -0.05) is 0 Å². The normalized spacial score (nSPS) is 10.6. The smallest absolute Gasteiger partial charge is 0.268 e. The van der Waals surface area contributed by atoms with Gasteiger partial charge in [0.1, 0.15) is 5.69 Å². The summed E-state index contributed by atoms with van der Waals surface area (Å²) in [6.07, 6.45) is 1.57. The van der Waals surface area contributed by atoms with Crippen LogP contribution in [0, 0.1) is 0 Å². The third-order valence-electron chi connectivity index (χ3n) is 2.80. The molecule has 2 aromatic rings. The van der Waals surface area contributed by atoms with Gasteiger partial charge in [0.25, 0.3) is 5.91 Å². The van der Waals surface area contributed by atoms with Crippen molar-refractivity contribution in [1.82, 2.24) is 14.8 Å². The topological polar surface area (TPSA) is 67.5 Å². The first-order valence-electron chi connectivity index (χ1n) is 5.52. The van der Waals surface area contributed by atoms with E-state index in [9.17, 15) is 9.59 Å². The first kappa shape index (κ1) is 12.2. The molecule has 0 aliphatic rings.